The molecule has 6 nitrogen and oxygen atoms in total. The van der Waals surface area contributed by atoms with Crippen molar-refractivity contribution >= 4 is 33.3 Å². The Labute approximate surface area is 129 Å². The summed E-state index contributed by atoms with van der Waals surface area (Å²) < 4.78 is 39.5. The summed E-state index contributed by atoms with van der Waals surface area (Å²) in [4.78, 5) is 10.4. The zero-order chi connectivity index (χ0) is 16.5. The number of aromatic hydroxyl groups is 1. The molecule has 0 saturated heterocycles. The molecule has 0 aliphatic rings. The number of halogens is 2. The number of phenols is 1. The molecule has 0 aromatic heterocycles. The molecule has 3 N–H and O–H groups in total. The van der Waals surface area contributed by atoms with Crippen molar-refractivity contribution in [3.63, 3.8) is 0 Å². The van der Waals surface area contributed by atoms with Gasteiger partial charge in [0.25, 0.3) is 10.0 Å². The van der Waals surface area contributed by atoms with Gasteiger partial charge in [-0.2, -0.15) is 0 Å². The Morgan fingerprint density at radius 1 is 1.18 bits per heavy atom. The molecule has 0 atom stereocenters. The van der Waals surface area contributed by atoms with Crippen molar-refractivity contribution < 1.29 is 27.8 Å². The summed E-state index contributed by atoms with van der Waals surface area (Å²) in [5.74, 6) is -2.54. The van der Waals surface area contributed by atoms with E-state index in [9.17, 15) is 22.7 Å². The molecule has 0 aliphatic carbocycles. The summed E-state index contributed by atoms with van der Waals surface area (Å²) >= 11 is 5.78. The predicted octanol–water partition coefficient (Wildman–Crippen LogP) is 2.68. The minimum atomic E-state index is -4.17. The molecule has 9 heteroatoms. The number of carboxylic acid groups (broad SMARTS) is 1. The number of nitrogens with one attached hydrogen (secondary N) is 1. The zero-order valence-corrected chi connectivity index (χ0v) is 12.3. The highest BCUT2D eigenvalue weighted by atomic mass is 35.5. The Bertz CT molecular complexity index is 833. The first-order valence-corrected chi connectivity index (χ1v) is 7.60. The lowest BCUT2D eigenvalue weighted by Crippen LogP contribution is -2.14. The fourth-order valence-corrected chi connectivity index (χ4v) is 3.28. The fourth-order valence-electron chi connectivity index (χ4n) is 1.70. The third-order valence-corrected chi connectivity index (χ3v) is 4.47. The monoisotopic (exact) mass is 345 g/mol. The van der Waals surface area contributed by atoms with Crippen LogP contribution in [-0.4, -0.2) is 24.6 Å². The summed E-state index contributed by atoms with van der Waals surface area (Å²) in [7, 11) is -4.17. The van der Waals surface area contributed by atoms with E-state index in [1.807, 2.05) is 4.72 Å². The van der Waals surface area contributed by atoms with Gasteiger partial charge >= 0.3 is 5.97 Å². The molecule has 0 aliphatic heterocycles. The highest BCUT2D eigenvalue weighted by Gasteiger charge is 2.20. The molecule has 0 heterocycles. The maximum Gasteiger partial charge on any atom is 0.335 e. The van der Waals surface area contributed by atoms with Crippen LogP contribution in [0.25, 0.3) is 0 Å². The Balaban J connectivity index is 2.40. The van der Waals surface area contributed by atoms with Crippen molar-refractivity contribution in [2.45, 2.75) is 4.90 Å². The summed E-state index contributed by atoms with van der Waals surface area (Å²) in [5, 5.41) is 17.8. The first-order chi connectivity index (χ1) is 10.2. The van der Waals surface area contributed by atoms with E-state index in [1.165, 1.54) is 0 Å². The number of sulfonamides is 1. The van der Waals surface area contributed by atoms with Gasteiger partial charge < -0.3 is 10.2 Å². The van der Waals surface area contributed by atoms with Gasteiger partial charge in [-0.25, -0.2) is 17.6 Å². The fraction of sp³-hybridized carbons (Fsp3) is 0. The van der Waals surface area contributed by atoms with Crippen LogP contribution < -0.4 is 4.72 Å². The van der Waals surface area contributed by atoms with Crippen molar-refractivity contribution in [1.29, 1.82) is 0 Å². The van der Waals surface area contributed by atoms with Gasteiger partial charge in [-0.15, -0.1) is 0 Å². The Morgan fingerprint density at radius 3 is 2.41 bits per heavy atom. The average Bonchev–Trinajstić information content (AvgIpc) is 2.36. The van der Waals surface area contributed by atoms with E-state index in [0.29, 0.717) is 0 Å². The average molecular weight is 346 g/mol. The molecule has 2 aromatic rings. The number of hydrogen-bond donors (Lipinski definition) is 3. The second kappa shape index (κ2) is 5.82. The van der Waals surface area contributed by atoms with E-state index in [0.717, 1.165) is 36.4 Å². The lowest BCUT2D eigenvalue weighted by molar-refractivity contribution is 0.0696. The van der Waals surface area contributed by atoms with Gasteiger partial charge in [0.15, 0.2) is 0 Å². The minimum absolute atomic E-state index is 0.174. The van der Waals surface area contributed by atoms with E-state index in [1.54, 1.807) is 0 Å². The molecular formula is C13H9ClFNO5S. The van der Waals surface area contributed by atoms with Gasteiger partial charge in [0, 0.05) is 12.1 Å². The molecule has 0 unspecified atom stereocenters. The van der Waals surface area contributed by atoms with Gasteiger partial charge in [0.1, 0.15) is 16.5 Å². The summed E-state index contributed by atoms with van der Waals surface area (Å²) in [5.41, 5.74) is -0.372. The van der Waals surface area contributed by atoms with Crippen LogP contribution in [0.1, 0.15) is 10.4 Å². The van der Waals surface area contributed by atoms with Gasteiger partial charge in [0.05, 0.1) is 16.3 Å². The van der Waals surface area contributed by atoms with Crippen LogP contribution in [0.2, 0.25) is 5.02 Å². The molecule has 2 aromatic carbocycles. The molecule has 0 bridgehead atoms. The molecular weight excluding hydrogens is 337 g/mol. The number of benzene rings is 2. The molecule has 0 radical (unpaired) electrons. The number of phenolic OH excluding ortho intramolecular Hbond substituents is 1. The summed E-state index contributed by atoms with van der Waals surface area (Å²) in [6.45, 7) is 0. The first kappa shape index (κ1) is 16.1. The van der Waals surface area contributed by atoms with Crippen molar-refractivity contribution in [3.8, 4) is 5.75 Å². The molecule has 2 rings (SSSR count). The van der Waals surface area contributed by atoms with E-state index >= 15 is 0 Å². The van der Waals surface area contributed by atoms with E-state index in [-0.39, 0.29) is 21.2 Å². The minimum Gasteiger partial charge on any atom is -0.508 e. The SMILES string of the molecule is O=C(O)c1ccc(S(=O)(=O)Nc2cc(O)cc(F)c2)c(Cl)c1. The predicted molar refractivity (Wildman–Crippen MR) is 77.3 cm³/mol. The third kappa shape index (κ3) is 3.46. The molecule has 0 spiro atoms. The number of hydrogen-bond acceptors (Lipinski definition) is 4. The molecule has 116 valence electrons. The molecule has 0 amide bonds. The number of carboxylic acids is 1. The maximum atomic E-state index is 13.1. The number of carbonyl (C=O) groups is 1. The van der Waals surface area contributed by atoms with Crippen molar-refractivity contribution in [2.24, 2.45) is 0 Å². The van der Waals surface area contributed by atoms with Crippen molar-refractivity contribution in [3.05, 3.63) is 52.8 Å². The Kier molecular flexibility index (Phi) is 4.25. The Hall–Kier alpha value is -2.32. The largest absolute Gasteiger partial charge is 0.508 e. The zero-order valence-electron chi connectivity index (χ0n) is 10.7. The second-order valence-corrected chi connectivity index (χ2v) is 6.31. The summed E-state index contributed by atoms with van der Waals surface area (Å²) in [6, 6.07) is 5.78. The van der Waals surface area contributed by atoms with E-state index in [2.05, 4.69) is 0 Å². The van der Waals surface area contributed by atoms with Crippen molar-refractivity contribution in [2.75, 3.05) is 4.72 Å². The molecule has 0 fully saturated rings. The third-order valence-electron chi connectivity index (χ3n) is 2.60. The second-order valence-electron chi connectivity index (χ2n) is 4.25. The lowest BCUT2D eigenvalue weighted by Gasteiger charge is -2.10. The van der Waals surface area contributed by atoms with Crippen molar-refractivity contribution in [1.82, 2.24) is 0 Å². The van der Waals surface area contributed by atoms with Crippen LogP contribution in [-0.2, 0) is 10.0 Å². The smallest absolute Gasteiger partial charge is 0.335 e. The number of anilines is 1. The maximum absolute atomic E-state index is 13.1. The highest BCUT2D eigenvalue weighted by molar-refractivity contribution is 7.92. The van der Waals surface area contributed by atoms with Gasteiger partial charge in [-0.3, -0.25) is 4.72 Å². The van der Waals surface area contributed by atoms with Crippen LogP contribution in [0, 0.1) is 5.82 Å². The molecule has 22 heavy (non-hydrogen) atoms. The van der Waals surface area contributed by atoms with Gasteiger partial charge in [0.2, 0.25) is 0 Å². The van der Waals surface area contributed by atoms with Crippen LogP contribution in [0.15, 0.2) is 41.3 Å². The van der Waals surface area contributed by atoms with Crippen LogP contribution in [0.5, 0.6) is 5.75 Å². The van der Waals surface area contributed by atoms with Gasteiger partial charge in [-0.05, 0) is 24.3 Å². The van der Waals surface area contributed by atoms with Gasteiger partial charge in [-0.1, -0.05) is 11.6 Å². The normalized spacial score (nSPS) is 11.2. The first-order valence-electron chi connectivity index (χ1n) is 5.74. The van der Waals surface area contributed by atoms with E-state index in [4.69, 9.17) is 16.7 Å². The standard InChI is InChI=1S/C13H9ClFNO5S/c14-11-3-7(13(18)19)1-2-12(11)22(20,21)16-9-4-8(15)5-10(17)6-9/h1-6,16-17H,(H,18,19). The lowest BCUT2D eigenvalue weighted by atomic mass is 10.2. The van der Waals surface area contributed by atoms with Crippen LogP contribution in [0.4, 0.5) is 10.1 Å². The number of aromatic carboxylic acids is 1. The quantitative estimate of drug-likeness (QED) is 0.790. The number of rotatable bonds is 4. The van der Waals surface area contributed by atoms with Crippen LogP contribution in [0.3, 0.4) is 0 Å². The van der Waals surface area contributed by atoms with E-state index < -0.39 is 27.6 Å². The topological polar surface area (TPSA) is 104 Å². The Morgan fingerprint density at radius 2 is 1.86 bits per heavy atom. The molecule has 0 saturated carbocycles. The highest BCUT2D eigenvalue weighted by Crippen LogP contribution is 2.26. The summed E-state index contributed by atoms with van der Waals surface area (Å²) in [6.07, 6.45) is 0. The van der Waals surface area contributed by atoms with Crippen LogP contribution >= 0.6 is 11.6 Å².